The van der Waals surface area contributed by atoms with Gasteiger partial charge in [-0.15, -0.1) is 0 Å². The molecule has 0 saturated heterocycles. The van der Waals surface area contributed by atoms with Gasteiger partial charge >= 0.3 is 0 Å². The van der Waals surface area contributed by atoms with E-state index in [0.717, 1.165) is 11.1 Å². The minimum absolute atomic E-state index is 0.139. The molecule has 1 aromatic carbocycles. The van der Waals surface area contributed by atoms with Crippen LogP contribution in [-0.4, -0.2) is 33.4 Å². The van der Waals surface area contributed by atoms with Crippen molar-refractivity contribution in [3.8, 4) is 0 Å². The molecule has 2 aliphatic heterocycles. The summed E-state index contributed by atoms with van der Waals surface area (Å²) in [7, 11) is 0. The molecule has 0 fully saturated rings. The fraction of sp³-hybridized carbons (Fsp3) is 0.200. The molecule has 0 bridgehead atoms. The van der Waals surface area contributed by atoms with E-state index >= 15 is 0 Å². The molecule has 106 valence electrons. The second-order valence-electron chi connectivity index (χ2n) is 4.67. The van der Waals surface area contributed by atoms with Crippen molar-refractivity contribution >= 4 is 51.5 Å². The van der Waals surface area contributed by atoms with Crippen LogP contribution in [0.25, 0.3) is 6.08 Å². The zero-order chi connectivity index (χ0) is 14.8. The molecule has 0 radical (unpaired) electrons. The van der Waals surface area contributed by atoms with Gasteiger partial charge in [-0.25, -0.2) is 9.98 Å². The Labute approximate surface area is 130 Å². The molecule has 0 N–H and O–H groups in total. The van der Waals surface area contributed by atoms with E-state index in [0.29, 0.717) is 21.6 Å². The van der Waals surface area contributed by atoms with Gasteiger partial charge in [-0.1, -0.05) is 53.4 Å². The highest BCUT2D eigenvalue weighted by Crippen LogP contribution is 2.29. The van der Waals surface area contributed by atoms with Crippen molar-refractivity contribution in [2.45, 2.75) is 6.92 Å². The lowest BCUT2D eigenvalue weighted by molar-refractivity contribution is -0.116. The zero-order valence-corrected chi connectivity index (χ0v) is 13.0. The van der Waals surface area contributed by atoms with Gasteiger partial charge in [0.05, 0.1) is 11.5 Å². The van der Waals surface area contributed by atoms with Gasteiger partial charge in [-0.3, -0.25) is 9.59 Å². The fourth-order valence-corrected chi connectivity index (χ4v) is 3.61. The second-order valence-corrected chi connectivity index (χ2v) is 6.60. The molecule has 1 aromatic rings. The van der Waals surface area contributed by atoms with Crippen LogP contribution in [0.15, 0.2) is 39.8 Å². The van der Waals surface area contributed by atoms with Crippen LogP contribution < -0.4 is 0 Å². The summed E-state index contributed by atoms with van der Waals surface area (Å²) in [6.07, 6.45) is 1.94. The lowest BCUT2D eigenvalue weighted by atomic mass is 10.1. The number of hydrogen-bond donors (Lipinski definition) is 0. The molecule has 0 atom stereocenters. The number of hydrogen-bond acceptors (Lipinski definition) is 4. The van der Waals surface area contributed by atoms with Gasteiger partial charge in [0.2, 0.25) is 0 Å². The molecule has 4 nitrogen and oxygen atoms in total. The number of benzene rings is 1. The maximum atomic E-state index is 11.4. The van der Waals surface area contributed by atoms with Crippen LogP contribution in [0, 0.1) is 6.92 Å². The highest BCUT2D eigenvalue weighted by atomic mass is 32.2. The van der Waals surface area contributed by atoms with Gasteiger partial charge in [-0.05, 0) is 18.6 Å². The van der Waals surface area contributed by atoms with Crippen LogP contribution in [-0.2, 0) is 9.59 Å². The number of thioether (sulfide) groups is 2. The first-order valence-electron chi connectivity index (χ1n) is 6.39. The third kappa shape index (κ3) is 3.33. The number of amides is 2. The summed E-state index contributed by atoms with van der Waals surface area (Å²) in [6, 6.07) is 8.04. The monoisotopic (exact) mass is 316 g/mol. The van der Waals surface area contributed by atoms with E-state index in [1.807, 2.05) is 37.3 Å². The Balaban J connectivity index is 2.01. The zero-order valence-electron chi connectivity index (χ0n) is 11.3. The summed E-state index contributed by atoms with van der Waals surface area (Å²) in [4.78, 5) is 30.8. The van der Waals surface area contributed by atoms with Crippen molar-refractivity contribution in [3.05, 3.63) is 41.0 Å². The number of rotatable bonds is 3. The molecule has 0 saturated carbocycles. The maximum absolute atomic E-state index is 11.4. The highest BCUT2D eigenvalue weighted by molar-refractivity contribution is 8.18. The molecule has 0 aromatic heterocycles. The van der Waals surface area contributed by atoms with Crippen LogP contribution in [0.5, 0.6) is 0 Å². The fourth-order valence-electron chi connectivity index (χ4n) is 1.94. The van der Waals surface area contributed by atoms with Gasteiger partial charge in [0.15, 0.2) is 0 Å². The van der Waals surface area contributed by atoms with Crippen molar-refractivity contribution in [2.75, 3.05) is 11.5 Å². The maximum Gasteiger partial charge on any atom is 0.257 e. The third-order valence-electron chi connectivity index (χ3n) is 2.97. The molecule has 2 aliphatic rings. The van der Waals surface area contributed by atoms with Crippen LogP contribution >= 0.6 is 23.5 Å². The minimum Gasteiger partial charge on any atom is -0.272 e. The molecule has 2 heterocycles. The molecule has 21 heavy (non-hydrogen) atoms. The number of aliphatic imine (C=N–C) groups is 2. The number of nitrogens with zero attached hydrogens (tertiary/aromatic N) is 2. The summed E-state index contributed by atoms with van der Waals surface area (Å²) in [6.45, 7) is 2.03. The van der Waals surface area contributed by atoms with E-state index < -0.39 is 0 Å². The highest BCUT2D eigenvalue weighted by Gasteiger charge is 2.26. The smallest absolute Gasteiger partial charge is 0.257 e. The van der Waals surface area contributed by atoms with Crippen molar-refractivity contribution in [2.24, 2.45) is 9.98 Å². The van der Waals surface area contributed by atoms with Crippen molar-refractivity contribution < 1.29 is 9.59 Å². The van der Waals surface area contributed by atoms with Gasteiger partial charge in [0.1, 0.15) is 10.1 Å². The molecule has 6 heteroatoms. The average Bonchev–Trinajstić information content (AvgIpc) is 3.07. The quantitative estimate of drug-likeness (QED) is 0.860. The summed E-state index contributed by atoms with van der Waals surface area (Å²) in [5.41, 5.74) is 2.95. The summed E-state index contributed by atoms with van der Waals surface area (Å²) in [5, 5.41) is 1.31. The Morgan fingerprint density at radius 1 is 1.00 bits per heavy atom. The Bertz CT molecular complexity index is 667. The first-order valence-corrected chi connectivity index (χ1v) is 8.37. The Kier molecular flexibility index (Phi) is 4.07. The number of carbonyl (C=O) groups is 2. The minimum atomic E-state index is -0.139. The predicted molar refractivity (Wildman–Crippen MR) is 89.0 cm³/mol. The standard InChI is InChI=1S/C15H12N2O2S2/c1-9-2-4-10(5-3-9)6-11(14-16-12(18)7-20-14)15-17-13(19)8-21-15/h2-6H,7-8H2,1H3. The van der Waals surface area contributed by atoms with Gasteiger partial charge < -0.3 is 0 Å². The molecule has 0 aliphatic carbocycles. The molecule has 3 rings (SSSR count). The van der Waals surface area contributed by atoms with Crippen LogP contribution in [0.2, 0.25) is 0 Å². The van der Waals surface area contributed by atoms with Gasteiger partial charge in [0, 0.05) is 5.57 Å². The SMILES string of the molecule is Cc1ccc(C=C(C2=NC(=O)CS2)C2=NC(=O)CS2)cc1. The van der Waals surface area contributed by atoms with E-state index in [1.165, 1.54) is 29.1 Å². The van der Waals surface area contributed by atoms with E-state index in [-0.39, 0.29) is 11.8 Å². The van der Waals surface area contributed by atoms with E-state index in [9.17, 15) is 9.59 Å². The van der Waals surface area contributed by atoms with Crippen LogP contribution in [0.1, 0.15) is 11.1 Å². The lowest BCUT2D eigenvalue weighted by Crippen LogP contribution is -2.04. The first-order chi connectivity index (χ1) is 10.1. The largest absolute Gasteiger partial charge is 0.272 e. The average molecular weight is 316 g/mol. The second kappa shape index (κ2) is 5.99. The number of carbonyl (C=O) groups excluding carboxylic acids is 2. The summed E-state index contributed by atoms with van der Waals surface area (Å²) < 4.78 is 0. The van der Waals surface area contributed by atoms with Crippen molar-refractivity contribution in [3.63, 3.8) is 0 Å². The van der Waals surface area contributed by atoms with Crippen LogP contribution in [0.4, 0.5) is 0 Å². The topological polar surface area (TPSA) is 58.9 Å². The summed E-state index contributed by atoms with van der Waals surface area (Å²) in [5.74, 6) is 0.429. The lowest BCUT2D eigenvalue weighted by Gasteiger charge is -2.06. The Morgan fingerprint density at radius 2 is 1.52 bits per heavy atom. The molecule has 2 amide bonds. The summed E-state index contributed by atoms with van der Waals surface area (Å²) >= 11 is 2.79. The van der Waals surface area contributed by atoms with E-state index in [1.54, 1.807) is 0 Å². The third-order valence-corrected chi connectivity index (χ3v) is 4.92. The van der Waals surface area contributed by atoms with E-state index in [4.69, 9.17) is 0 Å². The molecular weight excluding hydrogens is 304 g/mol. The Morgan fingerprint density at radius 3 is 1.95 bits per heavy atom. The molecular formula is C15H12N2O2S2. The normalized spacial score (nSPS) is 17.8. The molecule has 0 unspecified atom stereocenters. The predicted octanol–water partition coefficient (Wildman–Crippen LogP) is 2.72. The van der Waals surface area contributed by atoms with Crippen molar-refractivity contribution in [1.29, 1.82) is 0 Å². The molecule has 0 spiro atoms. The first kappa shape index (κ1) is 14.3. The van der Waals surface area contributed by atoms with Gasteiger partial charge in [-0.2, -0.15) is 0 Å². The number of aryl methyl sites for hydroxylation is 1. The van der Waals surface area contributed by atoms with Gasteiger partial charge in [0.25, 0.3) is 11.8 Å². The van der Waals surface area contributed by atoms with E-state index in [2.05, 4.69) is 9.98 Å². The van der Waals surface area contributed by atoms with Crippen molar-refractivity contribution in [1.82, 2.24) is 0 Å². The Hall–Kier alpha value is -1.66. The van der Waals surface area contributed by atoms with Crippen LogP contribution in [0.3, 0.4) is 0 Å².